The van der Waals surface area contributed by atoms with Crippen LogP contribution in [0.4, 0.5) is 10.1 Å². The van der Waals surface area contributed by atoms with Crippen LogP contribution >= 0.6 is 0 Å². The lowest BCUT2D eigenvalue weighted by atomic mass is 9.93. The number of rotatable bonds is 12. The lowest BCUT2D eigenvalue weighted by Crippen LogP contribution is -2.43. The van der Waals surface area contributed by atoms with Gasteiger partial charge in [-0.1, -0.05) is 12.1 Å². The van der Waals surface area contributed by atoms with Crippen molar-refractivity contribution in [3.8, 4) is 0 Å². The largest absolute Gasteiger partial charge is 0.378 e. The first-order chi connectivity index (χ1) is 13.8. The van der Waals surface area contributed by atoms with Gasteiger partial charge in [0.2, 0.25) is 0 Å². The molecule has 0 atom stereocenters. The first kappa shape index (κ1) is 23.8. The number of unbranched alkanes of at least 4 members (excludes halogenated alkanes) is 1. The minimum absolute atomic E-state index is 0.0755. The fourth-order valence-corrected chi connectivity index (χ4v) is 4.76. The molecule has 1 N–H and O–H groups in total. The molecule has 0 unspecified atom stereocenters. The van der Waals surface area contributed by atoms with Crippen LogP contribution in [-0.2, 0) is 14.9 Å². The van der Waals surface area contributed by atoms with E-state index in [1.54, 1.807) is 7.05 Å². The molecule has 1 saturated carbocycles. The Morgan fingerprint density at radius 2 is 1.97 bits per heavy atom. The van der Waals surface area contributed by atoms with Crippen molar-refractivity contribution in [3.05, 3.63) is 42.7 Å². The van der Waals surface area contributed by atoms with E-state index in [4.69, 9.17) is 4.74 Å². The highest BCUT2D eigenvalue weighted by atomic mass is 32.2. The van der Waals surface area contributed by atoms with Crippen molar-refractivity contribution in [2.45, 2.75) is 50.7 Å². The van der Waals surface area contributed by atoms with Crippen LogP contribution in [-0.4, -0.2) is 63.6 Å². The maximum Gasteiger partial charge on any atom is 0.301 e. The molecular formula is C21H34FN3O3S. The van der Waals surface area contributed by atoms with Gasteiger partial charge in [-0.05, 0) is 70.3 Å². The molecule has 0 bridgehead atoms. The van der Waals surface area contributed by atoms with E-state index in [0.717, 1.165) is 58.2 Å². The first-order valence-electron chi connectivity index (χ1n) is 10.2. The fourth-order valence-electron chi connectivity index (χ4n) is 3.59. The smallest absolute Gasteiger partial charge is 0.301 e. The van der Waals surface area contributed by atoms with Gasteiger partial charge < -0.3 is 9.64 Å². The topological polar surface area (TPSA) is 61.9 Å². The third kappa shape index (κ3) is 8.04. The van der Waals surface area contributed by atoms with Gasteiger partial charge in [0.1, 0.15) is 5.82 Å². The summed E-state index contributed by atoms with van der Waals surface area (Å²) in [5.41, 5.74) is 0.229. The molecule has 164 valence electrons. The van der Waals surface area contributed by atoms with E-state index in [1.165, 1.54) is 28.6 Å². The standard InChI is InChI=1S/C21H34FN3O3S/c1-4-14-24(2)15-5-6-16-28-21-12-10-20(11-13-21)25(3)29(26,27)23-19-9-7-8-18(22)17-19/h4,7-9,17,20-21,23H,1,5-6,10-16H2,2-3H3. The molecule has 29 heavy (non-hydrogen) atoms. The molecule has 0 heterocycles. The molecule has 0 aromatic heterocycles. The van der Waals surface area contributed by atoms with Gasteiger partial charge >= 0.3 is 10.2 Å². The van der Waals surface area contributed by atoms with Gasteiger partial charge in [0.15, 0.2) is 0 Å². The summed E-state index contributed by atoms with van der Waals surface area (Å²) >= 11 is 0. The number of nitrogens with zero attached hydrogens (tertiary/aromatic N) is 2. The maximum atomic E-state index is 13.3. The Morgan fingerprint density at radius 3 is 2.62 bits per heavy atom. The average molecular weight is 428 g/mol. The molecule has 8 heteroatoms. The summed E-state index contributed by atoms with van der Waals surface area (Å²) in [4.78, 5) is 2.23. The van der Waals surface area contributed by atoms with E-state index in [2.05, 4.69) is 23.2 Å². The quantitative estimate of drug-likeness (QED) is 0.409. The van der Waals surface area contributed by atoms with Crippen LogP contribution in [0.1, 0.15) is 38.5 Å². The third-order valence-corrected chi connectivity index (χ3v) is 6.89. The highest BCUT2D eigenvalue weighted by molar-refractivity contribution is 7.90. The molecule has 0 saturated heterocycles. The zero-order chi connectivity index (χ0) is 21.3. The lowest BCUT2D eigenvalue weighted by Gasteiger charge is -2.34. The fraction of sp³-hybridized carbons (Fsp3) is 0.619. The number of likely N-dealkylation sites (N-methyl/N-ethyl adjacent to an activating group) is 1. The summed E-state index contributed by atoms with van der Waals surface area (Å²) in [6, 6.07) is 5.39. The summed E-state index contributed by atoms with van der Waals surface area (Å²) in [5, 5.41) is 0. The molecule has 0 radical (unpaired) electrons. The van der Waals surface area contributed by atoms with Gasteiger partial charge in [0.25, 0.3) is 0 Å². The van der Waals surface area contributed by atoms with Crippen LogP contribution in [0.2, 0.25) is 0 Å². The van der Waals surface area contributed by atoms with Gasteiger partial charge in [0.05, 0.1) is 11.8 Å². The minimum atomic E-state index is -3.72. The Hall–Kier alpha value is -1.48. The summed E-state index contributed by atoms with van der Waals surface area (Å²) in [5.74, 6) is -0.474. The normalized spacial score (nSPS) is 20.2. The van der Waals surface area contributed by atoms with Crippen LogP contribution in [0.3, 0.4) is 0 Å². The van der Waals surface area contributed by atoms with Gasteiger partial charge in [-0.25, -0.2) is 4.39 Å². The minimum Gasteiger partial charge on any atom is -0.378 e. The van der Waals surface area contributed by atoms with E-state index in [0.29, 0.717) is 0 Å². The Bertz CT molecular complexity index is 736. The van der Waals surface area contributed by atoms with Crippen LogP contribution in [0, 0.1) is 5.82 Å². The molecule has 1 fully saturated rings. The SMILES string of the molecule is C=CCN(C)CCCCOC1CCC(N(C)S(=O)(=O)Nc2cccc(F)c2)CC1. The molecule has 1 aromatic carbocycles. The highest BCUT2D eigenvalue weighted by Crippen LogP contribution is 2.26. The van der Waals surface area contributed by atoms with E-state index in [-0.39, 0.29) is 17.8 Å². The van der Waals surface area contributed by atoms with Crippen molar-refractivity contribution in [3.63, 3.8) is 0 Å². The van der Waals surface area contributed by atoms with E-state index in [1.807, 2.05) is 6.08 Å². The summed E-state index contributed by atoms with van der Waals surface area (Å²) in [6.45, 7) is 6.41. The monoisotopic (exact) mass is 427 g/mol. The number of anilines is 1. The van der Waals surface area contributed by atoms with Gasteiger partial charge in [-0.15, -0.1) is 6.58 Å². The van der Waals surface area contributed by atoms with Crippen molar-refractivity contribution in [2.75, 3.05) is 38.5 Å². The molecule has 1 aliphatic rings. The van der Waals surface area contributed by atoms with Crippen LogP contribution in [0.25, 0.3) is 0 Å². The molecule has 2 rings (SSSR count). The van der Waals surface area contributed by atoms with Crippen LogP contribution in [0.5, 0.6) is 0 Å². The summed E-state index contributed by atoms with van der Waals surface area (Å²) in [6.07, 6.45) is 7.42. The average Bonchev–Trinajstić information content (AvgIpc) is 2.67. The molecule has 0 amide bonds. The van der Waals surface area contributed by atoms with Crippen molar-refractivity contribution in [1.29, 1.82) is 0 Å². The Balaban J connectivity index is 1.70. The second kappa shape index (κ2) is 11.6. The number of hydrogen-bond acceptors (Lipinski definition) is 4. The van der Waals surface area contributed by atoms with Gasteiger partial charge in [-0.3, -0.25) is 4.72 Å². The predicted octanol–water partition coefficient (Wildman–Crippen LogP) is 3.64. The summed E-state index contributed by atoms with van der Waals surface area (Å²) in [7, 11) is -0.0628. The number of halogens is 1. The van der Waals surface area contributed by atoms with Crippen LogP contribution < -0.4 is 4.72 Å². The molecule has 0 aliphatic heterocycles. The lowest BCUT2D eigenvalue weighted by molar-refractivity contribution is 0.0153. The van der Waals surface area contributed by atoms with Crippen LogP contribution in [0.15, 0.2) is 36.9 Å². The van der Waals surface area contributed by atoms with Crippen molar-refractivity contribution in [1.82, 2.24) is 9.21 Å². The molecule has 1 aliphatic carbocycles. The van der Waals surface area contributed by atoms with E-state index in [9.17, 15) is 12.8 Å². The van der Waals surface area contributed by atoms with Gasteiger partial charge in [-0.2, -0.15) is 12.7 Å². The van der Waals surface area contributed by atoms with Crippen molar-refractivity contribution >= 4 is 15.9 Å². The molecular weight excluding hydrogens is 393 g/mol. The van der Waals surface area contributed by atoms with Gasteiger partial charge in [0, 0.05) is 26.2 Å². The zero-order valence-corrected chi connectivity index (χ0v) is 18.3. The number of hydrogen-bond donors (Lipinski definition) is 1. The Kier molecular flexibility index (Phi) is 9.55. The predicted molar refractivity (Wildman–Crippen MR) is 116 cm³/mol. The highest BCUT2D eigenvalue weighted by Gasteiger charge is 2.30. The Morgan fingerprint density at radius 1 is 1.24 bits per heavy atom. The number of nitrogens with one attached hydrogen (secondary N) is 1. The van der Waals surface area contributed by atoms with E-state index < -0.39 is 16.0 Å². The second-order valence-electron chi connectivity index (χ2n) is 7.69. The summed E-state index contributed by atoms with van der Waals surface area (Å²) < 4.78 is 48.3. The molecule has 1 aromatic rings. The second-order valence-corrected chi connectivity index (χ2v) is 9.42. The van der Waals surface area contributed by atoms with E-state index >= 15 is 0 Å². The first-order valence-corrected chi connectivity index (χ1v) is 11.7. The maximum absolute atomic E-state index is 13.3. The number of ether oxygens (including phenoxy) is 1. The van der Waals surface area contributed by atoms with Crippen molar-refractivity contribution in [2.24, 2.45) is 0 Å². The zero-order valence-electron chi connectivity index (χ0n) is 17.5. The Labute approximate surface area is 174 Å². The molecule has 0 spiro atoms. The third-order valence-electron chi connectivity index (χ3n) is 5.34. The van der Waals surface area contributed by atoms with Crippen molar-refractivity contribution < 1.29 is 17.5 Å². The number of benzene rings is 1. The molecule has 6 nitrogen and oxygen atoms in total.